The molecule has 3 N–H and O–H groups in total. The molecule has 1 aliphatic heterocycles. The number of nitrogens with two attached hydrogens (primary N) is 1. The zero-order chi connectivity index (χ0) is 21.6. The van der Waals surface area contributed by atoms with Crippen LogP contribution >= 0.6 is 0 Å². The molecule has 0 aliphatic carbocycles. The molecule has 3 aromatic rings. The van der Waals surface area contributed by atoms with Crippen LogP contribution in [0.2, 0.25) is 0 Å². The van der Waals surface area contributed by atoms with Crippen LogP contribution < -0.4 is 10.5 Å². The van der Waals surface area contributed by atoms with E-state index in [-0.39, 0.29) is 12.1 Å². The van der Waals surface area contributed by atoms with E-state index in [4.69, 9.17) is 10.5 Å². The van der Waals surface area contributed by atoms with Crippen LogP contribution in [-0.4, -0.2) is 55.6 Å². The second-order valence-corrected chi connectivity index (χ2v) is 8.31. The molecular weight excluding hydrogens is 392 g/mol. The van der Waals surface area contributed by atoms with Crippen LogP contribution in [0, 0.1) is 0 Å². The second-order valence-electron chi connectivity index (χ2n) is 8.31. The Labute approximate surface area is 183 Å². The van der Waals surface area contributed by atoms with Crippen molar-refractivity contribution in [3.05, 3.63) is 41.6 Å². The van der Waals surface area contributed by atoms with Crippen molar-refractivity contribution in [2.24, 2.45) is 0 Å². The van der Waals surface area contributed by atoms with Crippen LogP contribution in [0.5, 0.6) is 6.01 Å². The third-order valence-corrected chi connectivity index (χ3v) is 5.74. The van der Waals surface area contributed by atoms with Crippen molar-refractivity contribution in [3.8, 4) is 6.01 Å². The Morgan fingerprint density at radius 2 is 1.90 bits per heavy atom. The fourth-order valence-electron chi connectivity index (χ4n) is 4.10. The summed E-state index contributed by atoms with van der Waals surface area (Å²) in [6.45, 7) is 6.35. The molecule has 1 fully saturated rings. The number of nitrogens with zero attached hydrogens (tertiary/aromatic N) is 5. The Bertz CT molecular complexity index is 999. The van der Waals surface area contributed by atoms with Crippen molar-refractivity contribution in [1.82, 2.24) is 24.6 Å². The number of aliphatic hydroxyl groups is 1. The summed E-state index contributed by atoms with van der Waals surface area (Å²) in [5, 5.41) is 15.1. The van der Waals surface area contributed by atoms with E-state index < -0.39 is 0 Å². The number of aliphatic hydroxyl groups excluding tert-OH is 1. The number of likely N-dealkylation sites (tertiary alicyclic amines) is 1. The van der Waals surface area contributed by atoms with Gasteiger partial charge in [-0.05, 0) is 43.5 Å². The first-order valence-corrected chi connectivity index (χ1v) is 11.2. The van der Waals surface area contributed by atoms with E-state index in [0.717, 1.165) is 19.4 Å². The van der Waals surface area contributed by atoms with Crippen LogP contribution in [0.1, 0.15) is 50.2 Å². The molecule has 8 nitrogen and oxygen atoms in total. The summed E-state index contributed by atoms with van der Waals surface area (Å²) < 4.78 is 7.51. The van der Waals surface area contributed by atoms with E-state index in [9.17, 15) is 5.11 Å². The molecule has 1 aliphatic rings. The standard InChI is InChI=1S/C23H32N6O2/c1-2-6-19(30)9-12-31-23-26-21(24)20-14-25-29(22(20)27-23)16-18-8-5-7-17(13-18)15-28-10-3-4-11-28/h5,7-8,13-14,19,30H,2-4,6,9-12,15-16H2,1H3,(H2,24,26,27). The summed E-state index contributed by atoms with van der Waals surface area (Å²) >= 11 is 0. The molecule has 1 atom stereocenters. The first-order valence-electron chi connectivity index (χ1n) is 11.2. The maximum atomic E-state index is 9.88. The average Bonchev–Trinajstić information content (AvgIpc) is 3.39. The zero-order valence-electron chi connectivity index (χ0n) is 18.2. The minimum atomic E-state index is -0.371. The van der Waals surface area contributed by atoms with Gasteiger partial charge >= 0.3 is 6.01 Å². The van der Waals surface area contributed by atoms with Gasteiger partial charge in [-0.3, -0.25) is 4.90 Å². The summed E-state index contributed by atoms with van der Waals surface area (Å²) in [4.78, 5) is 11.3. The molecular formula is C23H32N6O2. The maximum Gasteiger partial charge on any atom is 0.320 e. The Hall–Kier alpha value is -2.71. The van der Waals surface area contributed by atoms with E-state index in [1.54, 1.807) is 6.20 Å². The number of hydrogen-bond donors (Lipinski definition) is 2. The van der Waals surface area contributed by atoms with Crippen LogP contribution in [0.4, 0.5) is 5.82 Å². The summed E-state index contributed by atoms with van der Waals surface area (Å²) in [5.74, 6) is 0.350. The minimum absolute atomic E-state index is 0.221. The van der Waals surface area contributed by atoms with Gasteiger partial charge in [0.15, 0.2) is 5.65 Å². The molecule has 4 rings (SSSR count). The molecule has 3 heterocycles. The normalized spacial score (nSPS) is 15.5. The maximum absolute atomic E-state index is 9.88. The Balaban J connectivity index is 1.47. The highest BCUT2D eigenvalue weighted by molar-refractivity contribution is 5.85. The Morgan fingerprint density at radius 1 is 1.13 bits per heavy atom. The predicted molar refractivity (Wildman–Crippen MR) is 121 cm³/mol. The summed E-state index contributed by atoms with van der Waals surface area (Å²) in [6, 6.07) is 8.85. The molecule has 0 spiro atoms. The lowest BCUT2D eigenvalue weighted by molar-refractivity contribution is 0.127. The predicted octanol–water partition coefficient (Wildman–Crippen LogP) is 2.98. The molecule has 8 heteroatoms. The van der Waals surface area contributed by atoms with Gasteiger partial charge in [0.2, 0.25) is 0 Å². The topological polar surface area (TPSA) is 102 Å². The van der Waals surface area contributed by atoms with Crippen molar-refractivity contribution < 1.29 is 9.84 Å². The minimum Gasteiger partial charge on any atom is -0.463 e. The second kappa shape index (κ2) is 10.1. The van der Waals surface area contributed by atoms with Crippen molar-refractivity contribution in [1.29, 1.82) is 0 Å². The van der Waals surface area contributed by atoms with Crippen LogP contribution in [0.15, 0.2) is 30.5 Å². The van der Waals surface area contributed by atoms with Gasteiger partial charge in [0.25, 0.3) is 0 Å². The summed E-state index contributed by atoms with van der Waals surface area (Å²) in [6.07, 6.45) is 6.16. The quantitative estimate of drug-likeness (QED) is 0.516. The van der Waals surface area contributed by atoms with Gasteiger partial charge in [0.1, 0.15) is 5.82 Å². The summed E-state index contributed by atoms with van der Waals surface area (Å²) in [5.41, 5.74) is 9.26. The van der Waals surface area contributed by atoms with Crippen LogP contribution in [0.25, 0.3) is 11.0 Å². The number of rotatable bonds is 10. The zero-order valence-corrected chi connectivity index (χ0v) is 18.2. The average molecular weight is 425 g/mol. The number of benzene rings is 1. The van der Waals surface area contributed by atoms with E-state index >= 15 is 0 Å². The Morgan fingerprint density at radius 3 is 2.68 bits per heavy atom. The molecule has 0 amide bonds. The first kappa shape index (κ1) is 21.5. The number of fused-ring (bicyclic) bond motifs is 1. The highest BCUT2D eigenvalue weighted by atomic mass is 16.5. The fraction of sp³-hybridized carbons (Fsp3) is 0.522. The van der Waals surface area contributed by atoms with Crippen molar-refractivity contribution in [2.75, 3.05) is 25.4 Å². The van der Waals surface area contributed by atoms with Crippen LogP contribution in [-0.2, 0) is 13.1 Å². The lowest BCUT2D eigenvalue weighted by Crippen LogP contribution is -2.18. The van der Waals surface area contributed by atoms with Crippen molar-refractivity contribution in [2.45, 2.75) is 58.2 Å². The highest BCUT2D eigenvalue weighted by Gasteiger charge is 2.14. The number of anilines is 1. The first-order chi connectivity index (χ1) is 15.1. The molecule has 166 valence electrons. The molecule has 1 saturated heterocycles. The van der Waals surface area contributed by atoms with Gasteiger partial charge in [-0.15, -0.1) is 0 Å². The molecule has 2 aromatic heterocycles. The van der Waals surface area contributed by atoms with Gasteiger partial charge < -0.3 is 15.6 Å². The number of ether oxygens (including phenoxy) is 1. The van der Waals surface area contributed by atoms with Gasteiger partial charge in [-0.1, -0.05) is 37.6 Å². The largest absolute Gasteiger partial charge is 0.463 e. The number of aromatic nitrogens is 4. The molecule has 1 unspecified atom stereocenters. The molecule has 0 saturated carbocycles. The van der Waals surface area contributed by atoms with Gasteiger partial charge in [-0.2, -0.15) is 15.1 Å². The lowest BCUT2D eigenvalue weighted by atomic mass is 10.1. The molecule has 0 bridgehead atoms. The van der Waals surface area contributed by atoms with Gasteiger partial charge in [0, 0.05) is 13.0 Å². The van der Waals surface area contributed by atoms with Crippen LogP contribution in [0.3, 0.4) is 0 Å². The molecule has 1 aromatic carbocycles. The number of nitrogen functional groups attached to an aromatic ring is 1. The summed E-state index contributed by atoms with van der Waals surface area (Å²) in [7, 11) is 0. The van der Waals surface area contributed by atoms with Gasteiger partial charge in [-0.25, -0.2) is 4.68 Å². The van der Waals surface area contributed by atoms with Crippen molar-refractivity contribution >= 4 is 16.9 Å². The third-order valence-electron chi connectivity index (χ3n) is 5.74. The smallest absolute Gasteiger partial charge is 0.320 e. The van der Waals surface area contributed by atoms with Gasteiger partial charge in [0.05, 0.1) is 30.8 Å². The lowest BCUT2D eigenvalue weighted by Gasteiger charge is -2.15. The SMILES string of the molecule is CCCC(O)CCOc1nc(N)c2cnn(Cc3cccc(CN4CCCC4)c3)c2n1. The monoisotopic (exact) mass is 424 g/mol. The van der Waals surface area contributed by atoms with E-state index in [1.165, 1.54) is 37.1 Å². The van der Waals surface area contributed by atoms with E-state index in [1.807, 2.05) is 11.6 Å². The highest BCUT2D eigenvalue weighted by Crippen LogP contribution is 2.22. The fourth-order valence-corrected chi connectivity index (χ4v) is 4.10. The third kappa shape index (κ3) is 5.51. The van der Waals surface area contributed by atoms with E-state index in [2.05, 4.69) is 44.2 Å². The number of hydrogen-bond acceptors (Lipinski definition) is 7. The molecule has 31 heavy (non-hydrogen) atoms. The van der Waals surface area contributed by atoms with Crippen molar-refractivity contribution in [3.63, 3.8) is 0 Å². The molecule has 0 radical (unpaired) electrons. The Kier molecular flexibility index (Phi) is 6.99. The van der Waals surface area contributed by atoms with E-state index in [0.29, 0.717) is 36.4 Å².